The number of amides is 2. The first-order valence-electron chi connectivity index (χ1n) is 10.4. The fourth-order valence-electron chi connectivity index (χ4n) is 3.15. The summed E-state index contributed by atoms with van der Waals surface area (Å²) in [6.07, 6.45) is 2.53. The van der Waals surface area contributed by atoms with Crippen LogP contribution in [-0.2, 0) is 17.9 Å². The second-order valence-electron chi connectivity index (χ2n) is 7.38. The summed E-state index contributed by atoms with van der Waals surface area (Å²) in [5, 5.41) is 16.7. The van der Waals surface area contributed by atoms with Crippen molar-refractivity contribution in [2.45, 2.75) is 20.1 Å². The SMILES string of the molecule is COCc1ccc(C(=O)Nc2ccc(-c3nc(CNC(=O)c4cc[n+]([O-])cc4)c(C)o3)cc2)s1. The summed E-state index contributed by atoms with van der Waals surface area (Å²) in [6, 6.07) is 13.7. The topological polar surface area (TPSA) is 120 Å². The minimum atomic E-state index is -0.315. The number of thiophene rings is 1. The summed E-state index contributed by atoms with van der Waals surface area (Å²) in [5.41, 5.74) is 2.36. The number of ether oxygens (including phenoxy) is 1. The van der Waals surface area contributed by atoms with E-state index in [4.69, 9.17) is 9.15 Å². The second-order valence-corrected chi connectivity index (χ2v) is 8.55. The maximum Gasteiger partial charge on any atom is 0.265 e. The van der Waals surface area contributed by atoms with Crippen molar-refractivity contribution >= 4 is 28.8 Å². The number of pyridine rings is 1. The maximum absolute atomic E-state index is 12.5. The van der Waals surface area contributed by atoms with Gasteiger partial charge in [0.05, 0.1) is 23.6 Å². The molecule has 4 rings (SSSR count). The highest BCUT2D eigenvalue weighted by Crippen LogP contribution is 2.24. The van der Waals surface area contributed by atoms with Crippen LogP contribution >= 0.6 is 11.3 Å². The molecule has 0 saturated carbocycles. The Morgan fingerprint density at radius 1 is 1.09 bits per heavy atom. The van der Waals surface area contributed by atoms with Crippen LogP contribution in [-0.4, -0.2) is 23.9 Å². The predicted octanol–water partition coefficient (Wildman–Crippen LogP) is 3.67. The van der Waals surface area contributed by atoms with Gasteiger partial charge in [0, 0.05) is 35.4 Å². The summed E-state index contributed by atoms with van der Waals surface area (Å²) in [7, 11) is 1.62. The Hall–Kier alpha value is -4.02. The third-order valence-electron chi connectivity index (χ3n) is 4.94. The third-order valence-corrected chi connectivity index (χ3v) is 5.99. The molecule has 0 unspecified atom stereocenters. The fourth-order valence-corrected chi connectivity index (χ4v) is 4.03. The number of hydrogen-bond acceptors (Lipinski definition) is 7. The maximum atomic E-state index is 12.5. The first-order chi connectivity index (χ1) is 16.4. The van der Waals surface area contributed by atoms with E-state index in [0.29, 0.717) is 44.8 Å². The van der Waals surface area contributed by atoms with E-state index in [0.717, 1.165) is 10.4 Å². The van der Waals surface area contributed by atoms with Crippen molar-refractivity contribution < 1.29 is 23.5 Å². The molecule has 174 valence electrons. The minimum Gasteiger partial charge on any atom is -0.619 e. The normalized spacial score (nSPS) is 10.8. The highest BCUT2D eigenvalue weighted by molar-refractivity contribution is 7.14. The second kappa shape index (κ2) is 10.3. The van der Waals surface area contributed by atoms with Gasteiger partial charge >= 0.3 is 0 Å². The van der Waals surface area contributed by atoms with E-state index in [2.05, 4.69) is 15.6 Å². The van der Waals surface area contributed by atoms with Crippen LogP contribution in [0.5, 0.6) is 0 Å². The lowest BCUT2D eigenvalue weighted by atomic mass is 10.2. The fraction of sp³-hybridized carbons (Fsp3) is 0.167. The molecule has 10 heteroatoms. The van der Waals surface area contributed by atoms with Gasteiger partial charge in [-0.25, -0.2) is 4.98 Å². The molecule has 0 aliphatic rings. The zero-order valence-electron chi connectivity index (χ0n) is 18.5. The van der Waals surface area contributed by atoms with Gasteiger partial charge in [-0.05, 0) is 43.3 Å². The molecular formula is C24H22N4O5S. The number of anilines is 1. The van der Waals surface area contributed by atoms with E-state index >= 15 is 0 Å². The number of aryl methyl sites for hydroxylation is 1. The van der Waals surface area contributed by atoms with Gasteiger partial charge in [0.25, 0.3) is 11.8 Å². The molecule has 3 heterocycles. The van der Waals surface area contributed by atoms with Crippen molar-refractivity contribution in [1.29, 1.82) is 0 Å². The van der Waals surface area contributed by atoms with Crippen molar-refractivity contribution in [2.75, 3.05) is 12.4 Å². The molecule has 0 fully saturated rings. The average Bonchev–Trinajstić information content (AvgIpc) is 3.45. The first kappa shape index (κ1) is 23.1. The molecule has 2 N–H and O–H groups in total. The number of nitrogens with zero attached hydrogens (tertiary/aromatic N) is 2. The molecule has 0 saturated heterocycles. The molecule has 3 aromatic heterocycles. The van der Waals surface area contributed by atoms with Crippen LogP contribution in [0.3, 0.4) is 0 Å². The van der Waals surface area contributed by atoms with Gasteiger partial charge in [-0.15, -0.1) is 11.3 Å². The Bertz CT molecular complexity index is 1300. The van der Waals surface area contributed by atoms with Crippen LogP contribution in [0.4, 0.5) is 5.69 Å². The van der Waals surface area contributed by atoms with Gasteiger partial charge < -0.3 is 25.0 Å². The lowest BCUT2D eigenvalue weighted by Gasteiger charge is -2.04. The van der Waals surface area contributed by atoms with Crippen molar-refractivity contribution in [1.82, 2.24) is 10.3 Å². The molecular weight excluding hydrogens is 456 g/mol. The van der Waals surface area contributed by atoms with Crippen LogP contribution in [0.25, 0.3) is 11.5 Å². The Morgan fingerprint density at radius 3 is 2.53 bits per heavy atom. The largest absolute Gasteiger partial charge is 0.619 e. The van der Waals surface area contributed by atoms with Crippen LogP contribution < -0.4 is 15.4 Å². The Morgan fingerprint density at radius 2 is 1.82 bits per heavy atom. The molecule has 0 aliphatic carbocycles. The number of carbonyl (C=O) groups is 2. The molecule has 0 radical (unpaired) electrons. The average molecular weight is 479 g/mol. The van der Waals surface area contributed by atoms with E-state index < -0.39 is 0 Å². The van der Waals surface area contributed by atoms with Crippen LogP contribution in [0.15, 0.2) is 65.3 Å². The van der Waals surface area contributed by atoms with Gasteiger partial charge in [-0.2, -0.15) is 4.73 Å². The summed E-state index contributed by atoms with van der Waals surface area (Å²) in [6.45, 7) is 2.43. The number of benzene rings is 1. The number of hydrogen-bond donors (Lipinski definition) is 2. The highest BCUT2D eigenvalue weighted by Gasteiger charge is 2.14. The van der Waals surface area contributed by atoms with E-state index in [1.54, 1.807) is 44.4 Å². The lowest BCUT2D eigenvalue weighted by Crippen LogP contribution is -2.27. The Balaban J connectivity index is 1.38. The van der Waals surface area contributed by atoms with Crippen molar-refractivity contribution in [2.24, 2.45) is 0 Å². The standard InChI is InChI=1S/C24H22N4O5S/c1-15-20(13-25-22(29)16-9-11-28(31)12-10-16)27-24(33-15)17-3-5-18(6-4-17)26-23(30)21-8-7-19(34-21)14-32-2/h3-12H,13-14H2,1-2H3,(H,25,29)(H,26,30). The number of carbonyl (C=O) groups excluding carboxylic acids is 2. The molecule has 4 aromatic rings. The summed E-state index contributed by atoms with van der Waals surface area (Å²) < 4.78 is 11.5. The molecule has 9 nitrogen and oxygen atoms in total. The first-order valence-corrected chi connectivity index (χ1v) is 11.2. The molecule has 34 heavy (non-hydrogen) atoms. The smallest absolute Gasteiger partial charge is 0.265 e. The van der Waals surface area contributed by atoms with E-state index in [1.807, 2.05) is 6.07 Å². The molecule has 0 spiro atoms. The molecule has 2 amide bonds. The van der Waals surface area contributed by atoms with Gasteiger partial charge in [-0.3, -0.25) is 9.59 Å². The third kappa shape index (κ3) is 5.48. The Labute approximate surface area is 199 Å². The lowest BCUT2D eigenvalue weighted by molar-refractivity contribution is -0.605. The Kier molecular flexibility index (Phi) is 7.00. The van der Waals surface area contributed by atoms with Gasteiger partial charge in [0.2, 0.25) is 5.89 Å². The van der Waals surface area contributed by atoms with Gasteiger partial charge in [-0.1, -0.05) is 0 Å². The minimum absolute atomic E-state index is 0.181. The predicted molar refractivity (Wildman–Crippen MR) is 126 cm³/mol. The molecule has 0 bridgehead atoms. The van der Waals surface area contributed by atoms with E-state index in [1.165, 1.54) is 35.9 Å². The molecule has 0 aliphatic heterocycles. The van der Waals surface area contributed by atoms with E-state index in [9.17, 15) is 14.8 Å². The van der Waals surface area contributed by atoms with Crippen molar-refractivity contribution in [3.05, 3.63) is 92.9 Å². The molecule has 1 aromatic carbocycles. The highest BCUT2D eigenvalue weighted by atomic mass is 32.1. The number of methoxy groups -OCH3 is 1. The quantitative estimate of drug-likeness (QED) is 0.294. The number of oxazole rings is 1. The van der Waals surface area contributed by atoms with Crippen LogP contribution in [0.1, 0.15) is 36.4 Å². The zero-order chi connectivity index (χ0) is 24.1. The van der Waals surface area contributed by atoms with Crippen LogP contribution in [0, 0.1) is 12.1 Å². The van der Waals surface area contributed by atoms with Crippen molar-refractivity contribution in [3.8, 4) is 11.5 Å². The monoisotopic (exact) mass is 478 g/mol. The number of nitrogens with one attached hydrogen (secondary N) is 2. The number of rotatable bonds is 8. The van der Waals surface area contributed by atoms with Crippen molar-refractivity contribution in [3.63, 3.8) is 0 Å². The van der Waals surface area contributed by atoms with Crippen LogP contribution in [0.2, 0.25) is 0 Å². The van der Waals surface area contributed by atoms with Gasteiger partial charge in [0.15, 0.2) is 12.4 Å². The summed E-state index contributed by atoms with van der Waals surface area (Å²) in [5.74, 6) is 0.496. The zero-order valence-corrected chi connectivity index (χ0v) is 19.3. The van der Waals surface area contributed by atoms with Gasteiger partial charge in [0.1, 0.15) is 11.5 Å². The molecule has 0 atom stereocenters. The summed E-state index contributed by atoms with van der Waals surface area (Å²) >= 11 is 1.39. The summed E-state index contributed by atoms with van der Waals surface area (Å²) in [4.78, 5) is 30.8. The van der Waals surface area contributed by atoms with E-state index in [-0.39, 0.29) is 18.4 Å². The number of aromatic nitrogens is 2.